The maximum atomic E-state index is 11.9. The number of para-hydroxylation sites is 2. The predicted molar refractivity (Wildman–Crippen MR) is 102 cm³/mol. The number of carbonyl (C=O) groups excluding carboxylic acids is 1. The highest BCUT2D eigenvalue weighted by molar-refractivity contribution is 5.94. The van der Waals surface area contributed by atoms with Crippen molar-refractivity contribution < 1.29 is 4.79 Å². The van der Waals surface area contributed by atoms with E-state index in [4.69, 9.17) is 5.73 Å². The molecule has 7 heteroatoms. The summed E-state index contributed by atoms with van der Waals surface area (Å²) in [6, 6.07) is 8.38. The maximum Gasteiger partial charge on any atom is 0.224 e. The van der Waals surface area contributed by atoms with Gasteiger partial charge in [0.05, 0.1) is 11.4 Å². The summed E-state index contributed by atoms with van der Waals surface area (Å²) in [5.74, 6) is 0.0260. The molecule has 1 heterocycles. The van der Waals surface area contributed by atoms with E-state index in [9.17, 15) is 4.79 Å². The van der Waals surface area contributed by atoms with Gasteiger partial charge in [-0.1, -0.05) is 12.1 Å². The molecule has 0 bridgehead atoms. The van der Waals surface area contributed by atoms with Crippen LogP contribution in [0.15, 0.2) is 24.3 Å². The van der Waals surface area contributed by atoms with Gasteiger partial charge in [-0.05, 0) is 58.1 Å². The third-order valence-electron chi connectivity index (χ3n) is 3.89. The van der Waals surface area contributed by atoms with Gasteiger partial charge >= 0.3 is 0 Å². The fourth-order valence-corrected chi connectivity index (χ4v) is 2.57. The van der Waals surface area contributed by atoms with Crippen LogP contribution in [0.3, 0.4) is 0 Å². The number of anilines is 2. The quantitative estimate of drug-likeness (QED) is 0.727. The van der Waals surface area contributed by atoms with Crippen LogP contribution in [-0.4, -0.2) is 43.5 Å². The smallest absolute Gasteiger partial charge is 0.224 e. The Bertz CT molecular complexity index is 465. The summed E-state index contributed by atoms with van der Waals surface area (Å²) in [7, 11) is 2.15. The van der Waals surface area contributed by atoms with Crippen molar-refractivity contribution in [1.29, 1.82) is 0 Å². The Hall–Kier alpha value is -1.01. The minimum absolute atomic E-state index is 0. The highest BCUT2D eigenvalue weighted by atomic mass is 35.5. The molecule has 0 unspecified atom stereocenters. The normalized spacial score (nSPS) is 15.2. The molecule has 1 fully saturated rings. The van der Waals surface area contributed by atoms with Crippen molar-refractivity contribution in [2.45, 2.75) is 31.7 Å². The Labute approximate surface area is 151 Å². The zero-order chi connectivity index (χ0) is 15.1. The Morgan fingerprint density at radius 2 is 1.83 bits per heavy atom. The van der Waals surface area contributed by atoms with E-state index in [0.717, 1.165) is 43.7 Å². The molecule has 1 aliphatic rings. The van der Waals surface area contributed by atoms with Crippen LogP contribution < -0.4 is 16.4 Å². The molecule has 0 aliphatic carbocycles. The predicted octanol–water partition coefficient (Wildman–Crippen LogP) is 2.71. The molecule has 23 heavy (non-hydrogen) atoms. The van der Waals surface area contributed by atoms with Crippen LogP contribution in [0.4, 0.5) is 11.4 Å². The Kier molecular flexibility index (Phi) is 11.0. The molecule has 5 nitrogen and oxygen atoms in total. The Morgan fingerprint density at radius 1 is 1.22 bits per heavy atom. The fourth-order valence-electron chi connectivity index (χ4n) is 2.57. The van der Waals surface area contributed by atoms with Gasteiger partial charge in [0, 0.05) is 12.5 Å². The second-order valence-corrected chi connectivity index (χ2v) is 5.71. The SMILES string of the molecule is CN1CCC(Nc2ccccc2NC(=O)CCCN)CC1.Cl.Cl. The summed E-state index contributed by atoms with van der Waals surface area (Å²) in [6.45, 7) is 2.77. The van der Waals surface area contributed by atoms with E-state index in [1.54, 1.807) is 0 Å². The molecule has 0 saturated carbocycles. The number of hydrogen-bond acceptors (Lipinski definition) is 4. The van der Waals surface area contributed by atoms with Gasteiger partial charge in [-0.2, -0.15) is 0 Å². The van der Waals surface area contributed by atoms with Gasteiger partial charge in [0.1, 0.15) is 0 Å². The summed E-state index contributed by atoms with van der Waals surface area (Å²) in [4.78, 5) is 14.2. The number of likely N-dealkylation sites (tertiary alicyclic amines) is 1. The molecule has 2 rings (SSSR count). The number of benzene rings is 1. The molecule has 0 atom stereocenters. The first-order valence-electron chi connectivity index (χ1n) is 7.73. The average Bonchev–Trinajstić information content (AvgIpc) is 2.49. The van der Waals surface area contributed by atoms with Gasteiger partial charge in [0.15, 0.2) is 0 Å². The number of piperidine rings is 1. The third-order valence-corrected chi connectivity index (χ3v) is 3.89. The molecule has 1 saturated heterocycles. The van der Waals surface area contributed by atoms with Crippen LogP contribution in [0.5, 0.6) is 0 Å². The van der Waals surface area contributed by atoms with Gasteiger partial charge in [-0.3, -0.25) is 4.79 Å². The van der Waals surface area contributed by atoms with Crippen molar-refractivity contribution in [1.82, 2.24) is 4.90 Å². The number of carbonyl (C=O) groups is 1. The highest BCUT2D eigenvalue weighted by Crippen LogP contribution is 2.24. The molecule has 1 amide bonds. The lowest BCUT2D eigenvalue weighted by Crippen LogP contribution is -2.36. The van der Waals surface area contributed by atoms with Gasteiger partial charge in [-0.25, -0.2) is 0 Å². The van der Waals surface area contributed by atoms with Gasteiger partial charge in [0.25, 0.3) is 0 Å². The molecule has 4 N–H and O–H groups in total. The lowest BCUT2D eigenvalue weighted by molar-refractivity contribution is -0.116. The zero-order valence-corrected chi connectivity index (χ0v) is 15.2. The second-order valence-electron chi connectivity index (χ2n) is 5.71. The molecule has 0 aromatic heterocycles. The van der Waals surface area contributed by atoms with E-state index in [0.29, 0.717) is 19.0 Å². The minimum Gasteiger partial charge on any atom is -0.381 e. The second kappa shape index (κ2) is 11.5. The topological polar surface area (TPSA) is 70.4 Å². The standard InChI is InChI=1S/C16H26N4O.2ClH/c1-20-11-8-13(9-12-20)18-14-5-2-3-6-15(14)19-16(21)7-4-10-17;;/h2-3,5-6,13,18H,4,7-12,17H2,1H3,(H,19,21);2*1H. The molecule has 0 spiro atoms. The van der Waals surface area contributed by atoms with Crippen LogP contribution in [0.1, 0.15) is 25.7 Å². The number of nitrogens with two attached hydrogens (primary N) is 1. The van der Waals surface area contributed by atoms with Crippen molar-refractivity contribution in [2.75, 3.05) is 37.3 Å². The summed E-state index contributed by atoms with van der Waals surface area (Å²) in [5, 5.41) is 6.54. The van der Waals surface area contributed by atoms with Gasteiger partial charge in [0.2, 0.25) is 5.91 Å². The van der Waals surface area contributed by atoms with E-state index >= 15 is 0 Å². The van der Waals surface area contributed by atoms with Crippen molar-refractivity contribution in [2.24, 2.45) is 5.73 Å². The Morgan fingerprint density at radius 3 is 2.43 bits per heavy atom. The number of rotatable bonds is 6. The fraction of sp³-hybridized carbons (Fsp3) is 0.562. The van der Waals surface area contributed by atoms with Crippen LogP contribution in [0.25, 0.3) is 0 Å². The number of nitrogens with one attached hydrogen (secondary N) is 2. The molecular formula is C16H28Cl2N4O. The average molecular weight is 363 g/mol. The molecule has 1 aromatic rings. The van der Waals surface area contributed by atoms with E-state index in [1.165, 1.54) is 0 Å². The zero-order valence-electron chi connectivity index (χ0n) is 13.6. The highest BCUT2D eigenvalue weighted by Gasteiger charge is 2.17. The number of nitrogens with zero attached hydrogens (tertiary/aromatic N) is 1. The number of amides is 1. The first-order chi connectivity index (χ1) is 10.2. The van der Waals surface area contributed by atoms with E-state index in [2.05, 4.69) is 22.6 Å². The summed E-state index contributed by atoms with van der Waals surface area (Å²) in [6.07, 6.45) is 3.45. The lowest BCUT2D eigenvalue weighted by Gasteiger charge is -2.30. The van der Waals surface area contributed by atoms with Crippen LogP contribution >= 0.6 is 24.8 Å². The van der Waals surface area contributed by atoms with Crippen LogP contribution in [-0.2, 0) is 4.79 Å². The molecular weight excluding hydrogens is 335 g/mol. The number of hydrogen-bond donors (Lipinski definition) is 3. The van der Waals surface area contributed by atoms with Crippen molar-refractivity contribution in [3.05, 3.63) is 24.3 Å². The molecule has 1 aliphatic heterocycles. The summed E-state index contributed by atoms with van der Waals surface area (Å²) < 4.78 is 0. The van der Waals surface area contributed by atoms with Gasteiger partial charge in [-0.15, -0.1) is 24.8 Å². The maximum absolute atomic E-state index is 11.9. The molecule has 0 radical (unpaired) electrons. The Balaban J connectivity index is 0.00000242. The number of halogens is 2. The molecule has 132 valence electrons. The van der Waals surface area contributed by atoms with E-state index in [-0.39, 0.29) is 30.7 Å². The monoisotopic (exact) mass is 362 g/mol. The van der Waals surface area contributed by atoms with E-state index in [1.807, 2.05) is 24.3 Å². The largest absolute Gasteiger partial charge is 0.381 e. The van der Waals surface area contributed by atoms with Crippen molar-refractivity contribution >= 4 is 42.1 Å². The first-order valence-corrected chi connectivity index (χ1v) is 7.73. The summed E-state index contributed by atoms with van der Waals surface area (Å²) in [5.41, 5.74) is 7.31. The lowest BCUT2D eigenvalue weighted by atomic mass is 10.0. The minimum atomic E-state index is 0. The summed E-state index contributed by atoms with van der Waals surface area (Å²) >= 11 is 0. The molecule has 1 aromatic carbocycles. The first kappa shape index (κ1) is 22.0. The van der Waals surface area contributed by atoms with Crippen LogP contribution in [0.2, 0.25) is 0 Å². The van der Waals surface area contributed by atoms with Gasteiger partial charge < -0.3 is 21.3 Å². The van der Waals surface area contributed by atoms with Crippen molar-refractivity contribution in [3.63, 3.8) is 0 Å². The van der Waals surface area contributed by atoms with Crippen LogP contribution in [0, 0.1) is 0 Å². The van der Waals surface area contributed by atoms with Crippen molar-refractivity contribution in [3.8, 4) is 0 Å². The third kappa shape index (κ3) is 7.40. The van der Waals surface area contributed by atoms with E-state index < -0.39 is 0 Å².